The molecule has 0 amide bonds. The maximum atomic E-state index is 10.5. The topological polar surface area (TPSA) is 41.9 Å². The Morgan fingerprint density at radius 1 is 1.45 bits per heavy atom. The summed E-state index contributed by atoms with van der Waals surface area (Å²) in [5, 5.41) is 11.2. The van der Waals surface area contributed by atoms with Crippen molar-refractivity contribution >= 4 is 11.6 Å². The summed E-state index contributed by atoms with van der Waals surface area (Å²) in [6, 6.07) is 7.80. The third-order valence-electron chi connectivity index (χ3n) is 4.86. The first-order chi connectivity index (χ1) is 10.7. The number of hydrogen-bond donors (Lipinski definition) is 1. The summed E-state index contributed by atoms with van der Waals surface area (Å²) in [5.41, 5.74) is 0.870. The molecule has 0 radical (unpaired) electrons. The average molecular weight is 326 g/mol. The highest BCUT2D eigenvalue weighted by molar-refractivity contribution is 6.30. The van der Waals surface area contributed by atoms with E-state index in [0.717, 1.165) is 38.0 Å². The Hall–Kier alpha value is -0.650. The summed E-state index contributed by atoms with van der Waals surface area (Å²) in [7, 11) is 1.78. The van der Waals surface area contributed by atoms with E-state index in [1.807, 2.05) is 24.3 Å². The van der Waals surface area contributed by atoms with Gasteiger partial charge in [-0.2, -0.15) is 0 Å². The summed E-state index contributed by atoms with van der Waals surface area (Å²) in [5.74, 6) is 0. The molecular weight excluding hydrogens is 302 g/mol. The fourth-order valence-corrected chi connectivity index (χ4v) is 3.83. The van der Waals surface area contributed by atoms with Crippen molar-refractivity contribution in [1.82, 2.24) is 4.90 Å². The summed E-state index contributed by atoms with van der Waals surface area (Å²) < 4.78 is 11.4. The zero-order chi connectivity index (χ0) is 15.5. The number of ether oxygens (including phenoxy) is 2. The highest BCUT2D eigenvalue weighted by atomic mass is 35.5. The SMILES string of the molecule is CO[C@@H]1CC[C@H]2OCCN(C[C@H](O)c3cccc(Cl)c3)[C@@H]2C1. The lowest BCUT2D eigenvalue weighted by Gasteiger charge is -2.46. The lowest BCUT2D eigenvalue weighted by Crippen LogP contribution is -2.55. The Kier molecular flexibility index (Phi) is 5.37. The predicted octanol–water partition coefficient (Wildman–Crippen LogP) is 2.64. The normalized spacial score (nSPS) is 30.8. The number of β-amino-alcohol motifs (C(OH)–C–C–N with tert-alkyl or cyclic N) is 1. The van der Waals surface area contributed by atoms with E-state index >= 15 is 0 Å². The van der Waals surface area contributed by atoms with Gasteiger partial charge in [-0.1, -0.05) is 23.7 Å². The Morgan fingerprint density at radius 3 is 3.09 bits per heavy atom. The third-order valence-corrected chi connectivity index (χ3v) is 5.10. The molecule has 1 aromatic carbocycles. The van der Waals surface area contributed by atoms with Gasteiger partial charge in [0.25, 0.3) is 0 Å². The van der Waals surface area contributed by atoms with Gasteiger partial charge < -0.3 is 14.6 Å². The Balaban J connectivity index is 1.67. The summed E-state index contributed by atoms with van der Waals surface area (Å²) in [4.78, 5) is 2.35. The van der Waals surface area contributed by atoms with Gasteiger partial charge in [-0.15, -0.1) is 0 Å². The number of hydrogen-bond acceptors (Lipinski definition) is 4. The molecule has 122 valence electrons. The van der Waals surface area contributed by atoms with E-state index in [-0.39, 0.29) is 6.10 Å². The molecule has 22 heavy (non-hydrogen) atoms. The zero-order valence-corrected chi connectivity index (χ0v) is 13.7. The van der Waals surface area contributed by atoms with Gasteiger partial charge in [0, 0.05) is 31.3 Å². The minimum Gasteiger partial charge on any atom is -0.387 e. The summed E-state index contributed by atoms with van der Waals surface area (Å²) in [6.45, 7) is 2.21. The second-order valence-corrected chi connectivity index (χ2v) is 6.65. The van der Waals surface area contributed by atoms with Crippen LogP contribution in [-0.4, -0.2) is 55.1 Å². The van der Waals surface area contributed by atoms with Gasteiger partial charge >= 0.3 is 0 Å². The van der Waals surface area contributed by atoms with E-state index < -0.39 is 6.10 Å². The smallest absolute Gasteiger partial charge is 0.0917 e. The number of benzene rings is 1. The second-order valence-electron chi connectivity index (χ2n) is 6.21. The number of morpholine rings is 1. The highest BCUT2D eigenvalue weighted by Crippen LogP contribution is 2.31. The van der Waals surface area contributed by atoms with Gasteiger partial charge in [-0.05, 0) is 37.0 Å². The standard InChI is InChI=1S/C17H24ClNO3/c1-21-14-5-6-17-15(10-14)19(7-8-22-17)11-16(20)12-3-2-4-13(18)9-12/h2-4,9,14-17,20H,5-8,10-11H2,1H3/t14-,15-,16+,17-/m1/s1. The first-order valence-electron chi connectivity index (χ1n) is 7.99. The third kappa shape index (κ3) is 3.63. The van der Waals surface area contributed by atoms with Gasteiger partial charge in [0.1, 0.15) is 0 Å². The van der Waals surface area contributed by atoms with Crippen molar-refractivity contribution in [3.05, 3.63) is 34.9 Å². The fraction of sp³-hybridized carbons (Fsp3) is 0.647. The van der Waals surface area contributed by atoms with Crippen LogP contribution in [0.15, 0.2) is 24.3 Å². The molecule has 4 atom stereocenters. The van der Waals surface area contributed by atoms with Crippen LogP contribution >= 0.6 is 11.6 Å². The van der Waals surface area contributed by atoms with Gasteiger partial charge in [0.05, 0.1) is 24.9 Å². The molecule has 1 saturated heterocycles. The first kappa shape index (κ1) is 16.2. The van der Waals surface area contributed by atoms with Gasteiger partial charge in [0.15, 0.2) is 0 Å². The quantitative estimate of drug-likeness (QED) is 0.924. The Bertz CT molecular complexity index is 499. The van der Waals surface area contributed by atoms with Crippen molar-refractivity contribution in [3.63, 3.8) is 0 Å². The van der Waals surface area contributed by atoms with Crippen LogP contribution in [0.4, 0.5) is 0 Å². The fourth-order valence-electron chi connectivity index (χ4n) is 3.63. The monoisotopic (exact) mass is 325 g/mol. The lowest BCUT2D eigenvalue weighted by atomic mass is 9.87. The number of halogens is 1. The van der Waals surface area contributed by atoms with Crippen LogP contribution in [0.25, 0.3) is 0 Å². The molecule has 4 nitrogen and oxygen atoms in total. The van der Waals surface area contributed by atoms with E-state index in [9.17, 15) is 5.11 Å². The molecule has 0 bridgehead atoms. The molecule has 0 spiro atoms. The van der Waals surface area contributed by atoms with E-state index in [1.54, 1.807) is 7.11 Å². The second kappa shape index (κ2) is 7.28. The number of rotatable bonds is 4. The van der Waals surface area contributed by atoms with E-state index in [1.165, 1.54) is 0 Å². The molecular formula is C17H24ClNO3. The number of aliphatic hydroxyl groups is 1. The molecule has 5 heteroatoms. The van der Waals surface area contributed by atoms with Gasteiger partial charge in [-0.25, -0.2) is 0 Å². The maximum Gasteiger partial charge on any atom is 0.0917 e. The van der Waals surface area contributed by atoms with Crippen LogP contribution in [0.1, 0.15) is 30.9 Å². The highest BCUT2D eigenvalue weighted by Gasteiger charge is 2.38. The van der Waals surface area contributed by atoms with Crippen molar-refractivity contribution in [1.29, 1.82) is 0 Å². The lowest BCUT2D eigenvalue weighted by molar-refractivity contribution is -0.120. The average Bonchev–Trinajstić information content (AvgIpc) is 2.54. The minimum atomic E-state index is -0.527. The molecule has 3 rings (SSSR count). The molecule has 0 unspecified atom stereocenters. The predicted molar refractivity (Wildman–Crippen MR) is 86.2 cm³/mol. The molecule has 1 aliphatic carbocycles. The molecule has 2 fully saturated rings. The van der Waals surface area contributed by atoms with Crippen LogP contribution in [0.5, 0.6) is 0 Å². The van der Waals surface area contributed by atoms with Gasteiger partial charge in [0.2, 0.25) is 0 Å². The zero-order valence-electron chi connectivity index (χ0n) is 13.0. The summed E-state index contributed by atoms with van der Waals surface area (Å²) in [6.07, 6.45) is 3.11. The molecule has 1 aromatic rings. The van der Waals surface area contributed by atoms with Crippen molar-refractivity contribution in [3.8, 4) is 0 Å². The molecule has 0 aromatic heterocycles. The number of nitrogens with zero attached hydrogens (tertiary/aromatic N) is 1. The maximum absolute atomic E-state index is 10.5. The van der Waals surface area contributed by atoms with Crippen LogP contribution in [-0.2, 0) is 9.47 Å². The molecule has 1 heterocycles. The van der Waals surface area contributed by atoms with E-state index in [4.69, 9.17) is 21.1 Å². The molecule has 2 aliphatic rings. The van der Waals surface area contributed by atoms with Crippen molar-refractivity contribution in [2.45, 2.75) is 43.6 Å². The van der Waals surface area contributed by atoms with Crippen molar-refractivity contribution < 1.29 is 14.6 Å². The Morgan fingerprint density at radius 2 is 2.32 bits per heavy atom. The van der Waals surface area contributed by atoms with Crippen LogP contribution in [0.2, 0.25) is 5.02 Å². The van der Waals surface area contributed by atoms with Gasteiger partial charge in [-0.3, -0.25) is 4.90 Å². The minimum absolute atomic E-state index is 0.270. The first-order valence-corrected chi connectivity index (χ1v) is 8.37. The van der Waals surface area contributed by atoms with Crippen molar-refractivity contribution in [2.75, 3.05) is 26.8 Å². The number of fused-ring (bicyclic) bond motifs is 1. The van der Waals surface area contributed by atoms with Crippen molar-refractivity contribution in [2.24, 2.45) is 0 Å². The number of aliphatic hydroxyl groups excluding tert-OH is 1. The van der Waals surface area contributed by atoms with Crippen LogP contribution in [0.3, 0.4) is 0 Å². The summed E-state index contributed by atoms with van der Waals surface area (Å²) >= 11 is 6.02. The van der Waals surface area contributed by atoms with Crippen LogP contribution in [0, 0.1) is 0 Å². The Labute approximate surface area is 137 Å². The number of methoxy groups -OCH3 is 1. The molecule has 1 saturated carbocycles. The largest absolute Gasteiger partial charge is 0.387 e. The van der Waals surface area contributed by atoms with E-state index in [2.05, 4.69) is 4.90 Å². The van der Waals surface area contributed by atoms with E-state index in [0.29, 0.717) is 23.7 Å². The molecule has 1 aliphatic heterocycles. The van der Waals surface area contributed by atoms with Crippen LogP contribution < -0.4 is 0 Å². The molecule has 1 N–H and O–H groups in total.